The lowest BCUT2D eigenvalue weighted by atomic mass is 9.97. The predicted octanol–water partition coefficient (Wildman–Crippen LogP) is 2.58. The van der Waals surface area contributed by atoms with Gasteiger partial charge in [-0.15, -0.1) is 0 Å². The average Bonchev–Trinajstić information content (AvgIpc) is 3.03. The maximum atomic E-state index is 12.9. The van der Waals surface area contributed by atoms with E-state index in [1.54, 1.807) is 16.9 Å². The second-order valence-electron chi connectivity index (χ2n) is 6.76. The Balaban J connectivity index is 1.59. The summed E-state index contributed by atoms with van der Waals surface area (Å²) in [5.41, 5.74) is 4.44. The molecule has 1 amide bonds. The van der Waals surface area contributed by atoms with Crippen molar-refractivity contribution in [2.45, 2.75) is 45.6 Å². The summed E-state index contributed by atoms with van der Waals surface area (Å²) >= 11 is 0. The smallest absolute Gasteiger partial charge is 0.277 e. The van der Waals surface area contributed by atoms with Gasteiger partial charge >= 0.3 is 0 Å². The SMILES string of the molecule is CCc1cccc(NC(=O)Cn2ccn3nc4c(c3c2=O)CCCC4)c1. The molecule has 1 aromatic carbocycles. The van der Waals surface area contributed by atoms with Crippen molar-refractivity contribution in [2.24, 2.45) is 0 Å². The Hall–Kier alpha value is -2.89. The number of nitrogens with zero attached hydrogens (tertiary/aromatic N) is 3. The highest BCUT2D eigenvalue weighted by Crippen LogP contribution is 2.22. The van der Waals surface area contributed by atoms with Gasteiger partial charge in [0.1, 0.15) is 12.1 Å². The molecule has 2 heterocycles. The van der Waals surface area contributed by atoms with Crippen LogP contribution in [0.3, 0.4) is 0 Å². The molecule has 1 aliphatic carbocycles. The Labute approximate surface area is 151 Å². The Kier molecular flexibility index (Phi) is 4.32. The molecule has 0 bridgehead atoms. The normalized spacial score (nSPS) is 13.6. The van der Waals surface area contributed by atoms with Crippen LogP contribution in [0.25, 0.3) is 5.52 Å². The van der Waals surface area contributed by atoms with Crippen LogP contribution < -0.4 is 10.9 Å². The van der Waals surface area contributed by atoms with Crippen LogP contribution in [0.15, 0.2) is 41.5 Å². The minimum absolute atomic E-state index is 0.00829. The van der Waals surface area contributed by atoms with Crippen molar-refractivity contribution in [2.75, 3.05) is 5.32 Å². The number of hydrogen-bond acceptors (Lipinski definition) is 3. The molecule has 0 saturated carbocycles. The number of carbonyl (C=O) groups excluding carboxylic acids is 1. The molecule has 1 aliphatic rings. The number of hydrogen-bond donors (Lipinski definition) is 1. The maximum absolute atomic E-state index is 12.9. The number of nitrogens with one attached hydrogen (secondary N) is 1. The fourth-order valence-electron chi connectivity index (χ4n) is 3.60. The van der Waals surface area contributed by atoms with Crippen LogP contribution >= 0.6 is 0 Å². The number of carbonyl (C=O) groups is 1. The first-order valence-corrected chi connectivity index (χ1v) is 9.14. The van der Waals surface area contributed by atoms with E-state index >= 15 is 0 Å². The van der Waals surface area contributed by atoms with Crippen LogP contribution in [-0.4, -0.2) is 20.1 Å². The highest BCUT2D eigenvalue weighted by Gasteiger charge is 2.20. The van der Waals surface area contributed by atoms with Gasteiger partial charge in [0, 0.05) is 23.6 Å². The molecule has 0 spiro atoms. The quantitative estimate of drug-likeness (QED) is 0.786. The van der Waals surface area contributed by atoms with Crippen LogP contribution in [0.2, 0.25) is 0 Å². The number of fused-ring (bicyclic) bond motifs is 3. The van der Waals surface area contributed by atoms with Gasteiger partial charge in [0.2, 0.25) is 5.91 Å². The van der Waals surface area contributed by atoms with Gasteiger partial charge in [-0.05, 0) is 49.8 Å². The number of anilines is 1. The Morgan fingerprint density at radius 1 is 1.23 bits per heavy atom. The number of aryl methyl sites for hydroxylation is 3. The lowest BCUT2D eigenvalue weighted by Gasteiger charge is -2.10. The van der Waals surface area contributed by atoms with E-state index in [2.05, 4.69) is 17.3 Å². The van der Waals surface area contributed by atoms with Gasteiger partial charge in [-0.2, -0.15) is 5.10 Å². The molecule has 26 heavy (non-hydrogen) atoms. The molecule has 134 valence electrons. The lowest BCUT2D eigenvalue weighted by Crippen LogP contribution is -2.28. The predicted molar refractivity (Wildman–Crippen MR) is 101 cm³/mol. The topological polar surface area (TPSA) is 68.4 Å². The Bertz CT molecular complexity index is 1030. The van der Waals surface area contributed by atoms with Crippen LogP contribution in [0, 0.1) is 0 Å². The Morgan fingerprint density at radius 3 is 2.92 bits per heavy atom. The second-order valence-corrected chi connectivity index (χ2v) is 6.76. The van der Waals surface area contributed by atoms with Crippen LogP contribution in [0.4, 0.5) is 5.69 Å². The van der Waals surface area contributed by atoms with Gasteiger partial charge < -0.3 is 9.88 Å². The van der Waals surface area contributed by atoms with E-state index in [1.165, 1.54) is 4.57 Å². The van der Waals surface area contributed by atoms with E-state index in [4.69, 9.17) is 0 Å². The highest BCUT2D eigenvalue weighted by atomic mass is 16.2. The van der Waals surface area contributed by atoms with E-state index in [0.717, 1.165) is 54.6 Å². The van der Waals surface area contributed by atoms with E-state index in [-0.39, 0.29) is 18.0 Å². The van der Waals surface area contributed by atoms with Crippen molar-refractivity contribution in [1.29, 1.82) is 0 Å². The summed E-state index contributed by atoms with van der Waals surface area (Å²) in [5.74, 6) is -0.210. The molecule has 0 unspecified atom stereocenters. The summed E-state index contributed by atoms with van der Waals surface area (Å²) in [6.45, 7) is 2.06. The molecular formula is C20H22N4O2. The molecule has 0 aliphatic heterocycles. The lowest BCUT2D eigenvalue weighted by molar-refractivity contribution is -0.116. The van der Waals surface area contributed by atoms with Crippen LogP contribution in [-0.2, 0) is 30.6 Å². The van der Waals surface area contributed by atoms with E-state index in [1.807, 2.05) is 24.3 Å². The first-order valence-electron chi connectivity index (χ1n) is 9.14. The molecule has 0 atom stereocenters. The summed E-state index contributed by atoms with van der Waals surface area (Å²) in [6.07, 6.45) is 8.31. The third kappa shape index (κ3) is 3.03. The van der Waals surface area contributed by atoms with Crippen LogP contribution in [0.1, 0.15) is 36.6 Å². The molecule has 6 nitrogen and oxygen atoms in total. The summed E-state index contributed by atoms with van der Waals surface area (Å²) in [7, 11) is 0. The molecule has 4 rings (SSSR count). The maximum Gasteiger partial charge on any atom is 0.277 e. The molecular weight excluding hydrogens is 328 g/mol. The molecule has 3 aromatic rings. The molecule has 6 heteroatoms. The highest BCUT2D eigenvalue weighted by molar-refractivity contribution is 5.90. The standard InChI is InChI=1S/C20H22N4O2/c1-2-14-6-5-7-15(12-14)21-18(25)13-23-10-11-24-19(20(23)26)16-8-3-4-9-17(16)22-24/h5-7,10-12H,2-4,8-9,13H2,1H3,(H,21,25). The minimum atomic E-state index is -0.210. The average molecular weight is 350 g/mol. The van der Waals surface area contributed by atoms with E-state index in [0.29, 0.717) is 5.52 Å². The zero-order valence-corrected chi connectivity index (χ0v) is 14.9. The number of aromatic nitrogens is 3. The molecule has 2 aromatic heterocycles. The Morgan fingerprint density at radius 2 is 2.08 bits per heavy atom. The zero-order valence-electron chi connectivity index (χ0n) is 14.9. The van der Waals surface area contributed by atoms with Crippen molar-refractivity contribution >= 4 is 17.1 Å². The molecule has 0 saturated heterocycles. The largest absolute Gasteiger partial charge is 0.325 e. The van der Waals surface area contributed by atoms with Crippen molar-refractivity contribution in [3.63, 3.8) is 0 Å². The minimum Gasteiger partial charge on any atom is -0.325 e. The summed E-state index contributed by atoms with van der Waals surface area (Å²) in [4.78, 5) is 25.3. The molecule has 0 fully saturated rings. The first-order chi connectivity index (χ1) is 12.7. The number of benzene rings is 1. The van der Waals surface area contributed by atoms with Crippen molar-refractivity contribution in [3.05, 3.63) is 63.8 Å². The fourth-order valence-corrected chi connectivity index (χ4v) is 3.60. The van der Waals surface area contributed by atoms with Crippen molar-refractivity contribution in [3.8, 4) is 0 Å². The van der Waals surface area contributed by atoms with Crippen molar-refractivity contribution < 1.29 is 4.79 Å². The third-order valence-corrected chi connectivity index (χ3v) is 4.97. The molecule has 0 radical (unpaired) electrons. The van der Waals surface area contributed by atoms with E-state index < -0.39 is 0 Å². The van der Waals surface area contributed by atoms with Gasteiger partial charge in [0.15, 0.2) is 0 Å². The van der Waals surface area contributed by atoms with Crippen LogP contribution in [0.5, 0.6) is 0 Å². The monoisotopic (exact) mass is 350 g/mol. The van der Waals surface area contributed by atoms with Gasteiger partial charge in [0.05, 0.1) is 5.69 Å². The third-order valence-electron chi connectivity index (χ3n) is 4.97. The number of amides is 1. The van der Waals surface area contributed by atoms with Crippen molar-refractivity contribution in [1.82, 2.24) is 14.2 Å². The van der Waals surface area contributed by atoms with Gasteiger partial charge in [-0.25, -0.2) is 4.52 Å². The second kappa shape index (κ2) is 6.78. The number of rotatable bonds is 4. The van der Waals surface area contributed by atoms with Gasteiger partial charge in [0.25, 0.3) is 5.56 Å². The molecule has 1 N–H and O–H groups in total. The summed E-state index contributed by atoms with van der Waals surface area (Å²) < 4.78 is 3.13. The van der Waals surface area contributed by atoms with Gasteiger partial charge in [-0.3, -0.25) is 9.59 Å². The first kappa shape index (κ1) is 16.6. The van der Waals surface area contributed by atoms with Gasteiger partial charge in [-0.1, -0.05) is 19.1 Å². The fraction of sp³-hybridized carbons (Fsp3) is 0.350. The zero-order chi connectivity index (χ0) is 18.1. The summed E-state index contributed by atoms with van der Waals surface area (Å²) in [5, 5.41) is 7.40. The van der Waals surface area contributed by atoms with E-state index in [9.17, 15) is 9.59 Å². The summed E-state index contributed by atoms with van der Waals surface area (Å²) in [6, 6.07) is 7.76.